The Morgan fingerprint density at radius 3 is 2.88 bits per heavy atom. The molecule has 0 aliphatic rings. The molecule has 0 saturated heterocycles. The molecule has 5 heteroatoms. The summed E-state index contributed by atoms with van der Waals surface area (Å²) in [6, 6.07) is 9.65. The van der Waals surface area contributed by atoms with Crippen molar-refractivity contribution in [2.45, 2.75) is 46.1 Å². The van der Waals surface area contributed by atoms with Gasteiger partial charge in [-0.15, -0.1) is 11.8 Å². The maximum Gasteiger partial charge on any atom is 0.269 e. The standard InChI is InChI=1S/C21H27N3O2/c1-4-6-7-8-9-13-26-19-12-10-11-17(14-19)16-22-21(25)20-15-18(5-2)23-24(20)3/h10-12,14-15H,5,7-9,13,16H2,1-3H3,(H,22,25). The first kappa shape index (κ1) is 19.6. The maximum absolute atomic E-state index is 12.3. The van der Waals surface area contributed by atoms with Crippen molar-refractivity contribution in [1.29, 1.82) is 0 Å². The van der Waals surface area contributed by atoms with Gasteiger partial charge < -0.3 is 10.1 Å². The first-order valence-corrected chi connectivity index (χ1v) is 9.06. The van der Waals surface area contributed by atoms with Crippen molar-refractivity contribution < 1.29 is 9.53 Å². The Morgan fingerprint density at radius 1 is 1.31 bits per heavy atom. The number of hydrogen-bond acceptors (Lipinski definition) is 3. The molecule has 1 amide bonds. The highest BCUT2D eigenvalue weighted by Crippen LogP contribution is 2.14. The third kappa shape index (κ3) is 5.96. The molecule has 0 unspecified atom stereocenters. The Morgan fingerprint density at radius 2 is 2.15 bits per heavy atom. The molecular weight excluding hydrogens is 326 g/mol. The fraction of sp³-hybridized carbons (Fsp3) is 0.429. The third-order valence-electron chi connectivity index (χ3n) is 4.02. The van der Waals surface area contributed by atoms with Crippen LogP contribution >= 0.6 is 0 Å². The number of benzene rings is 1. The zero-order valence-corrected chi connectivity index (χ0v) is 15.8. The predicted molar refractivity (Wildman–Crippen MR) is 103 cm³/mol. The Hall–Kier alpha value is -2.74. The molecular formula is C21H27N3O2. The summed E-state index contributed by atoms with van der Waals surface area (Å²) in [5.41, 5.74) is 2.49. The Balaban J connectivity index is 1.82. The quantitative estimate of drug-likeness (QED) is 0.555. The van der Waals surface area contributed by atoms with Gasteiger partial charge in [0.2, 0.25) is 0 Å². The van der Waals surface area contributed by atoms with Crippen molar-refractivity contribution >= 4 is 5.91 Å². The first-order chi connectivity index (χ1) is 12.6. The lowest BCUT2D eigenvalue weighted by molar-refractivity contribution is 0.0941. The van der Waals surface area contributed by atoms with Gasteiger partial charge in [-0.05, 0) is 49.9 Å². The normalized spacial score (nSPS) is 10.1. The highest BCUT2D eigenvalue weighted by atomic mass is 16.5. The van der Waals surface area contributed by atoms with Gasteiger partial charge in [0.1, 0.15) is 11.4 Å². The van der Waals surface area contributed by atoms with E-state index in [4.69, 9.17) is 4.74 Å². The number of nitrogens with one attached hydrogen (secondary N) is 1. The highest BCUT2D eigenvalue weighted by Gasteiger charge is 2.12. The van der Waals surface area contributed by atoms with Crippen LogP contribution in [0.2, 0.25) is 0 Å². The Bertz CT molecular complexity index is 784. The molecule has 0 fully saturated rings. The minimum atomic E-state index is -0.122. The second-order valence-corrected chi connectivity index (χ2v) is 6.06. The number of aromatic nitrogens is 2. The van der Waals surface area contributed by atoms with Crippen LogP contribution < -0.4 is 10.1 Å². The zero-order chi connectivity index (χ0) is 18.8. The zero-order valence-electron chi connectivity index (χ0n) is 15.8. The van der Waals surface area contributed by atoms with Gasteiger partial charge >= 0.3 is 0 Å². The molecule has 1 heterocycles. The van der Waals surface area contributed by atoms with Crippen molar-refractivity contribution in [1.82, 2.24) is 15.1 Å². The summed E-state index contributed by atoms with van der Waals surface area (Å²) in [6.45, 7) is 5.01. The van der Waals surface area contributed by atoms with E-state index in [-0.39, 0.29) is 5.91 Å². The van der Waals surface area contributed by atoms with Crippen molar-refractivity contribution in [2.24, 2.45) is 7.05 Å². The molecule has 0 atom stereocenters. The molecule has 0 bridgehead atoms. The maximum atomic E-state index is 12.3. The largest absolute Gasteiger partial charge is 0.494 e. The van der Waals surface area contributed by atoms with E-state index in [0.29, 0.717) is 18.8 Å². The van der Waals surface area contributed by atoms with E-state index in [1.54, 1.807) is 11.7 Å². The van der Waals surface area contributed by atoms with Gasteiger partial charge in [-0.2, -0.15) is 5.10 Å². The van der Waals surface area contributed by atoms with Crippen LogP contribution in [0.3, 0.4) is 0 Å². The number of nitrogens with zero attached hydrogens (tertiary/aromatic N) is 2. The summed E-state index contributed by atoms with van der Waals surface area (Å²) < 4.78 is 7.40. The van der Waals surface area contributed by atoms with Gasteiger partial charge in [-0.1, -0.05) is 19.1 Å². The van der Waals surface area contributed by atoms with Crippen LogP contribution in [0.1, 0.15) is 54.9 Å². The smallest absolute Gasteiger partial charge is 0.269 e. The van der Waals surface area contributed by atoms with Crippen LogP contribution in [0.15, 0.2) is 30.3 Å². The molecule has 1 aromatic carbocycles. The molecule has 0 aliphatic heterocycles. The van der Waals surface area contributed by atoms with Gasteiger partial charge in [0.05, 0.1) is 12.3 Å². The summed E-state index contributed by atoms with van der Waals surface area (Å²) in [5.74, 6) is 6.65. The summed E-state index contributed by atoms with van der Waals surface area (Å²) in [6.07, 6.45) is 3.75. The topological polar surface area (TPSA) is 56.1 Å². The van der Waals surface area contributed by atoms with Gasteiger partial charge in [-0.25, -0.2) is 0 Å². The monoisotopic (exact) mass is 353 g/mol. The Labute approximate surface area is 155 Å². The van der Waals surface area contributed by atoms with Crippen molar-refractivity contribution in [3.63, 3.8) is 0 Å². The molecule has 0 aliphatic carbocycles. The molecule has 0 spiro atoms. The van der Waals surface area contributed by atoms with Crippen LogP contribution in [-0.2, 0) is 20.0 Å². The number of amides is 1. The second-order valence-electron chi connectivity index (χ2n) is 6.06. The average Bonchev–Trinajstić information content (AvgIpc) is 3.04. The molecule has 0 saturated carbocycles. The predicted octanol–water partition coefficient (Wildman–Crippen LogP) is 3.48. The van der Waals surface area contributed by atoms with Gasteiger partial charge in [0, 0.05) is 20.0 Å². The van der Waals surface area contributed by atoms with Crippen molar-refractivity contribution in [3.8, 4) is 17.6 Å². The van der Waals surface area contributed by atoms with E-state index in [2.05, 4.69) is 22.3 Å². The van der Waals surface area contributed by atoms with E-state index in [9.17, 15) is 4.79 Å². The molecule has 26 heavy (non-hydrogen) atoms. The van der Waals surface area contributed by atoms with Crippen molar-refractivity contribution in [3.05, 3.63) is 47.3 Å². The van der Waals surface area contributed by atoms with Crippen molar-refractivity contribution in [2.75, 3.05) is 6.61 Å². The van der Waals surface area contributed by atoms with Crippen LogP contribution in [0.5, 0.6) is 5.75 Å². The van der Waals surface area contributed by atoms with E-state index in [0.717, 1.165) is 42.7 Å². The molecule has 5 nitrogen and oxygen atoms in total. The third-order valence-corrected chi connectivity index (χ3v) is 4.02. The number of hydrogen-bond donors (Lipinski definition) is 1. The SMILES string of the molecule is CC#CCCCCOc1cccc(CNC(=O)c2cc(CC)nn2C)c1. The Kier molecular flexibility index (Phi) is 7.75. The summed E-state index contributed by atoms with van der Waals surface area (Å²) in [5, 5.41) is 7.25. The van der Waals surface area contributed by atoms with Crippen LogP contribution in [0.25, 0.3) is 0 Å². The summed E-state index contributed by atoms with van der Waals surface area (Å²) >= 11 is 0. The fourth-order valence-corrected chi connectivity index (χ4v) is 2.56. The molecule has 0 radical (unpaired) electrons. The van der Waals surface area contributed by atoms with E-state index >= 15 is 0 Å². The molecule has 2 aromatic rings. The van der Waals surface area contributed by atoms with E-state index in [1.165, 1.54) is 0 Å². The highest BCUT2D eigenvalue weighted by molar-refractivity contribution is 5.92. The molecule has 1 N–H and O–H groups in total. The lowest BCUT2D eigenvalue weighted by Gasteiger charge is -2.09. The van der Waals surface area contributed by atoms with E-state index < -0.39 is 0 Å². The summed E-state index contributed by atoms with van der Waals surface area (Å²) in [4.78, 5) is 12.3. The molecule has 2 rings (SSSR count). The number of ether oxygens (including phenoxy) is 1. The molecule has 1 aromatic heterocycles. The first-order valence-electron chi connectivity index (χ1n) is 9.06. The van der Waals surface area contributed by atoms with Crippen LogP contribution in [-0.4, -0.2) is 22.3 Å². The molecule has 138 valence electrons. The number of unbranched alkanes of at least 4 members (excludes halogenated alkanes) is 2. The van der Waals surface area contributed by atoms with Gasteiger partial charge in [-0.3, -0.25) is 9.48 Å². The lowest BCUT2D eigenvalue weighted by Crippen LogP contribution is -2.25. The van der Waals surface area contributed by atoms with Gasteiger partial charge in [0.15, 0.2) is 0 Å². The number of carbonyl (C=O) groups excluding carboxylic acids is 1. The van der Waals surface area contributed by atoms with E-state index in [1.807, 2.05) is 44.2 Å². The van der Waals surface area contributed by atoms with Crippen LogP contribution in [0, 0.1) is 11.8 Å². The minimum Gasteiger partial charge on any atom is -0.494 e. The lowest BCUT2D eigenvalue weighted by atomic mass is 10.2. The summed E-state index contributed by atoms with van der Waals surface area (Å²) in [7, 11) is 1.79. The number of carbonyl (C=O) groups is 1. The minimum absolute atomic E-state index is 0.122. The van der Waals surface area contributed by atoms with Gasteiger partial charge in [0.25, 0.3) is 5.91 Å². The number of rotatable bonds is 9. The fourth-order valence-electron chi connectivity index (χ4n) is 2.56. The average molecular weight is 353 g/mol. The van der Waals surface area contributed by atoms with Crippen LogP contribution in [0.4, 0.5) is 0 Å². The number of aryl methyl sites for hydroxylation is 2. The second kappa shape index (κ2) is 10.3.